The second-order valence-corrected chi connectivity index (χ2v) is 5.06. The minimum atomic E-state index is -0.146. The van der Waals surface area contributed by atoms with E-state index in [1.165, 1.54) is 12.5 Å². The van der Waals surface area contributed by atoms with Crippen LogP contribution in [0.5, 0.6) is 0 Å². The number of rotatable bonds is 4. The molecule has 0 radical (unpaired) electrons. The Balaban J connectivity index is 1.63. The maximum Gasteiger partial charge on any atom is 0.201 e. The summed E-state index contributed by atoms with van der Waals surface area (Å²) in [6.07, 6.45) is 4.33. The summed E-state index contributed by atoms with van der Waals surface area (Å²) in [5, 5.41) is 7.70. The van der Waals surface area contributed by atoms with Gasteiger partial charge in [0.05, 0.1) is 30.0 Å². The first kappa shape index (κ1) is 15.0. The van der Waals surface area contributed by atoms with E-state index < -0.39 is 0 Å². The summed E-state index contributed by atoms with van der Waals surface area (Å²) in [5.41, 5.74) is 3.37. The molecular weight excluding hydrogens is 314 g/mol. The Morgan fingerprint density at radius 1 is 1.22 bits per heavy atom. The molecule has 1 aromatic carbocycles. The van der Waals surface area contributed by atoms with Gasteiger partial charge < -0.3 is 14.2 Å². The van der Waals surface area contributed by atoms with Crippen LogP contribution in [0.15, 0.2) is 67.7 Å². The number of hydrogen-bond acceptors (Lipinski definition) is 5. The van der Waals surface area contributed by atoms with Crippen molar-refractivity contribution in [1.82, 2.24) is 10.7 Å². The smallest absolute Gasteiger partial charge is 0.201 e. The molecule has 0 aliphatic rings. The molecule has 0 bridgehead atoms. The Hall–Kier alpha value is -2.93. The zero-order chi connectivity index (χ0) is 16.1. The second kappa shape index (κ2) is 6.89. The minimum absolute atomic E-state index is 0.146. The molecule has 7 heteroatoms. The van der Waals surface area contributed by atoms with Crippen molar-refractivity contribution >= 4 is 34.5 Å². The van der Waals surface area contributed by atoms with Crippen LogP contribution in [0.3, 0.4) is 0 Å². The molecular formula is C16H13N3O3S. The van der Waals surface area contributed by atoms with Crippen LogP contribution in [0.4, 0.5) is 0 Å². The molecule has 0 amide bonds. The fourth-order valence-corrected chi connectivity index (χ4v) is 2.09. The van der Waals surface area contributed by atoms with Gasteiger partial charge in [0.15, 0.2) is 5.11 Å². The normalized spacial score (nSPS) is 11.0. The van der Waals surface area contributed by atoms with Crippen molar-refractivity contribution in [1.29, 1.82) is 0 Å². The van der Waals surface area contributed by atoms with Crippen LogP contribution >= 0.6 is 12.2 Å². The van der Waals surface area contributed by atoms with Gasteiger partial charge in [-0.3, -0.25) is 10.2 Å². The van der Waals surface area contributed by atoms with E-state index in [0.29, 0.717) is 28.2 Å². The average molecular weight is 327 g/mol. The lowest BCUT2D eigenvalue weighted by molar-refractivity contribution is 0.502. The number of thiocarbonyl (C=S) groups is 1. The van der Waals surface area contributed by atoms with Crippen LogP contribution in [0.2, 0.25) is 0 Å². The van der Waals surface area contributed by atoms with E-state index in [2.05, 4.69) is 15.8 Å². The standard InChI is InChI=1S/C16H13N3O3S/c20-15-11(10-22-14-6-2-1-5-13(14)15)8-18-19-16(23)17-9-12-4-3-7-21-12/h1-8,10H,9H2,(H2,17,19,23)/b18-8+. The van der Waals surface area contributed by atoms with Gasteiger partial charge in [0.25, 0.3) is 0 Å². The van der Waals surface area contributed by atoms with E-state index in [1.807, 2.05) is 12.1 Å². The molecule has 2 N–H and O–H groups in total. The summed E-state index contributed by atoms with van der Waals surface area (Å²) in [5.74, 6) is 0.758. The largest absolute Gasteiger partial charge is 0.467 e. The van der Waals surface area contributed by atoms with Gasteiger partial charge in [-0.1, -0.05) is 12.1 Å². The zero-order valence-electron chi connectivity index (χ0n) is 12.0. The quantitative estimate of drug-likeness (QED) is 0.435. The Morgan fingerprint density at radius 2 is 2.09 bits per heavy atom. The lowest BCUT2D eigenvalue weighted by Gasteiger charge is -2.04. The van der Waals surface area contributed by atoms with E-state index in [1.54, 1.807) is 30.5 Å². The van der Waals surface area contributed by atoms with Crippen molar-refractivity contribution in [3.63, 3.8) is 0 Å². The molecule has 23 heavy (non-hydrogen) atoms. The average Bonchev–Trinajstić information content (AvgIpc) is 3.09. The van der Waals surface area contributed by atoms with Gasteiger partial charge in [0, 0.05) is 0 Å². The SMILES string of the molecule is O=c1c(/C=N/NC(=S)NCc2ccco2)coc2ccccc12. The molecule has 0 saturated heterocycles. The van der Waals surface area contributed by atoms with Crippen LogP contribution in [0.25, 0.3) is 11.0 Å². The predicted octanol–water partition coefficient (Wildman–Crippen LogP) is 2.38. The predicted molar refractivity (Wildman–Crippen MR) is 91.4 cm³/mol. The first-order valence-electron chi connectivity index (χ1n) is 6.84. The molecule has 3 aromatic rings. The number of fused-ring (bicyclic) bond motifs is 1. The fourth-order valence-electron chi connectivity index (χ4n) is 1.96. The second-order valence-electron chi connectivity index (χ2n) is 4.65. The monoisotopic (exact) mass is 327 g/mol. The fraction of sp³-hybridized carbons (Fsp3) is 0.0625. The number of hydrogen-bond donors (Lipinski definition) is 2. The van der Waals surface area contributed by atoms with Crippen molar-refractivity contribution < 1.29 is 8.83 Å². The van der Waals surface area contributed by atoms with E-state index in [-0.39, 0.29) is 5.43 Å². The lowest BCUT2D eigenvalue weighted by atomic mass is 10.2. The molecule has 0 fully saturated rings. The van der Waals surface area contributed by atoms with Crippen molar-refractivity contribution in [2.24, 2.45) is 5.10 Å². The van der Waals surface area contributed by atoms with E-state index in [4.69, 9.17) is 21.1 Å². The van der Waals surface area contributed by atoms with Crippen LogP contribution in [-0.2, 0) is 6.54 Å². The highest BCUT2D eigenvalue weighted by Crippen LogP contribution is 2.09. The molecule has 0 aliphatic heterocycles. The molecule has 0 spiro atoms. The van der Waals surface area contributed by atoms with Gasteiger partial charge in [-0.2, -0.15) is 5.10 Å². The third-order valence-corrected chi connectivity index (χ3v) is 3.32. The molecule has 0 saturated carbocycles. The first-order chi connectivity index (χ1) is 11.2. The van der Waals surface area contributed by atoms with Crippen molar-refractivity contribution in [3.05, 3.63) is 70.5 Å². The van der Waals surface area contributed by atoms with E-state index in [0.717, 1.165) is 5.76 Å². The minimum Gasteiger partial charge on any atom is -0.467 e. The Morgan fingerprint density at radius 3 is 2.91 bits per heavy atom. The Bertz CT molecular complexity index is 900. The summed E-state index contributed by atoms with van der Waals surface area (Å²) in [7, 11) is 0. The van der Waals surface area contributed by atoms with Crippen LogP contribution < -0.4 is 16.2 Å². The molecule has 6 nitrogen and oxygen atoms in total. The van der Waals surface area contributed by atoms with Crippen LogP contribution in [0, 0.1) is 0 Å². The Kier molecular flexibility index (Phi) is 4.49. The number of nitrogens with zero attached hydrogens (tertiary/aromatic N) is 1. The van der Waals surface area contributed by atoms with Gasteiger partial charge in [0.1, 0.15) is 17.6 Å². The first-order valence-corrected chi connectivity index (χ1v) is 7.25. The van der Waals surface area contributed by atoms with Gasteiger partial charge in [0.2, 0.25) is 5.43 Å². The number of nitrogens with one attached hydrogen (secondary N) is 2. The number of benzene rings is 1. The van der Waals surface area contributed by atoms with Crippen molar-refractivity contribution in [2.75, 3.05) is 0 Å². The summed E-state index contributed by atoms with van der Waals surface area (Å²) < 4.78 is 10.6. The van der Waals surface area contributed by atoms with Gasteiger partial charge in [-0.25, -0.2) is 0 Å². The molecule has 2 aromatic heterocycles. The lowest BCUT2D eigenvalue weighted by Crippen LogP contribution is -2.31. The Labute approximate surface area is 136 Å². The highest BCUT2D eigenvalue weighted by Gasteiger charge is 2.04. The van der Waals surface area contributed by atoms with Gasteiger partial charge in [-0.05, 0) is 36.5 Å². The third kappa shape index (κ3) is 3.64. The van der Waals surface area contributed by atoms with Crippen LogP contribution in [-0.4, -0.2) is 11.3 Å². The maximum atomic E-state index is 12.2. The topological polar surface area (TPSA) is 79.8 Å². The molecule has 116 valence electrons. The third-order valence-electron chi connectivity index (χ3n) is 3.08. The number of hydrazone groups is 1. The number of para-hydroxylation sites is 1. The summed E-state index contributed by atoms with van der Waals surface area (Å²) in [6.45, 7) is 0.451. The number of furan rings is 1. The van der Waals surface area contributed by atoms with E-state index >= 15 is 0 Å². The van der Waals surface area contributed by atoms with Crippen molar-refractivity contribution in [3.8, 4) is 0 Å². The summed E-state index contributed by atoms with van der Waals surface area (Å²) >= 11 is 5.07. The maximum absolute atomic E-state index is 12.2. The summed E-state index contributed by atoms with van der Waals surface area (Å²) in [6, 6.07) is 10.7. The molecule has 0 aliphatic carbocycles. The van der Waals surface area contributed by atoms with Crippen LogP contribution in [0.1, 0.15) is 11.3 Å². The molecule has 0 atom stereocenters. The highest BCUT2D eigenvalue weighted by atomic mass is 32.1. The van der Waals surface area contributed by atoms with Gasteiger partial charge in [-0.15, -0.1) is 0 Å². The zero-order valence-corrected chi connectivity index (χ0v) is 12.8. The molecule has 3 rings (SSSR count). The molecule has 2 heterocycles. The highest BCUT2D eigenvalue weighted by molar-refractivity contribution is 7.80. The van der Waals surface area contributed by atoms with Gasteiger partial charge >= 0.3 is 0 Å². The van der Waals surface area contributed by atoms with Crippen molar-refractivity contribution in [2.45, 2.75) is 6.54 Å². The summed E-state index contributed by atoms with van der Waals surface area (Å²) in [4.78, 5) is 12.2. The molecule has 0 unspecified atom stereocenters. The van der Waals surface area contributed by atoms with E-state index in [9.17, 15) is 4.79 Å².